The maximum absolute atomic E-state index is 11.8. The van der Waals surface area contributed by atoms with E-state index in [9.17, 15) is 4.79 Å². The third kappa shape index (κ3) is 3.70. The molecule has 1 heterocycles. The minimum atomic E-state index is -0.534. The molecule has 0 aromatic rings. The van der Waals surface area contributed by atoms with Crippen molar-refractivity contribution in [3.63, 3.8) is 0 Å². The van der Waals surface area contributed by atoms with Gasteiger partial charge in [0, 0.05) is 12.6 Å². The molecule has 5 heteroatoms. The quantitative estimate of drug-likeness (QED) is 0.592. The third-order valence-electron chi connectivity index (χ3n) is 3.47. The lowest BCUT2D eigenvalue weighted by atomic mass is 9.87. The lowest BCUT2D eigenvalue weighted by Crippen LogP contribution is -2.30. The van der Waals surface area contributed by atoms with Crippen molar-refractivity contribution < 1.29 is 9.53 Å². The van der Waals surface area contributed by atoms with Gasteiger partial charge in [0.2, 0.25) is 0 Å². The summed E-state index contributed by atoms with van der Waals surface area (Å²) in [5.41, 5.74) is 5.77. The molecule has 0 radical (unpaired) electrons. The highest BCUT2D eigenvalue weighted by atomic mass is 32.1. The van der Waals surface area contributed by atoms with E-state index in [1.165, 1.54) is 0 Å². The SMILES string of the molecule is CCCCC1CC(C)(/C(C)=C\NC(N)=S)OC1=O. The van der Waals surface area contributed by atoms with Gasteiger partial charge in [0.05, 0.1) is 5.92 Å². The lowest BCUT2D eigenvalue weighted by molar-refractivity contribution is -0.147. The van der Waals surface area contributed by atoms with Crippen LogP contribution in [0.3, 0.4) is 0 Å². The van der Waals surface area contributed by atoms with Crippen molar-refractivity contribution in [3.05, 3.63) is 11.8 Å². The summed E-state index contributed by atoms with van der Waals surface area (Å²) in [6, 6.07) is 0. The number of hydrogen-bond donors (Lipinski definition) is 2. The van der Waals surface area contributed by atoms with Gasteiger partial charge in [-0.1, -0.05) is 19.8 Å². The largest absolute Gasteiger partial charge is 0.455 e. The molecule has 1 rings (SSSR count). The molecule has 102 valence electrons. The zero-order chi connectivity index (χ0) is 13.8. The molecule has 2 unspecified atom stereocenters. The van der Waals surface area contributed by atoms with Crippen LogP contribution in [0.15, 0.2) is 11.8 Å². The minimum Gasteiger partial charge on any atom is -0.455 e. The number of nitrogens with one attached hydrogen (secondary N) is 1. The van der Waals surface area contributed by atoms with E-state index in [2.05, 4.69) is 12.2 Å². The molecule has 0 aromatic carbocycles. The van der Waals surface area contributed by atoms with Gasteiger partial charge in [-0.2, -0.15) is 0 Å². The molecule has 3 N–H and O–H groups in total. The van der Waals surface area contributed by atoms with Crippen LogP contribution in [-0.2, 0) is 9.53 Å². The molecular formula is C13H22N2O2S. The highest BCUT2D eigenvalue weighted by Gasteiger charge is 2.43. The number of unbranched alkanes of at least 4 members (excludes halogenated alkanes) is 1. The summed E-state index contributed by atoms with van der Waals surface area (Å²) in [4.78, 5) is 11.8. The Morgan fingerprint density at radius 2 is 2.39 bits per heavy atom. The minimum absolute atomic E-state index is 0.0168. The molecule has 0 aromatic heterocycles. The zero-order valence-corrected chi connectivity index (χ0v) is 12.1. The Balaban J connectivity index is 2.68. The second-order valence-electron chi connectivity index (χ2n) is 5.03. The first kappa shape index (κ1) is 15.0. The maximum Gasteiger partial charge on any atom is 0.309 e. The van der Waals surface area contributed by atoms with Crippen molar-refractivity contribution in [1.29, 1.82) is 0 Å². The third-order valence-corrected chi connectivity index (χ3v) is 3.58. The van der Waals surface area contributed by atoms with Gasteiger partial charge in [-0.15, -0.1) is 0 Å². The Morgan fingerprint density at radius 3 is 2.94 bits per heavy atom. The van der Waals surface area contributed by atoms with Gasteiger partial charge in [-0.05, 0) is 38.1 Å². The monoisotopic (exact) mass is 270 g/mol. The fourth-order valence-corrected chi connectivity index (χ4v) is 2.20. The van der Waals surface area contributed by atoms with E-state index in [-0.39, 0.29) is 17.0 Å². The van der Waals surface area contributed by atoms with Gasteiger partial charge in [-0.25, -0.2) is 0 Å². The van der Waals surface area contributed by atoms with Crippen LogP contribution in [0.2, 0.25) is 0 Å². The topological polar surface area (TPSA) is 64.3 Å². The summed E-state index contributed by atoms with van der Waals surface area (Å²) in [6.45, 7) is 5.97. The number of esters is 1. The van der Waals surface area contributed by atoms with Gasteiger partial charge < -0.3 is 15.8 Å². The molecule has 0 aliphatic carbocycles. The van der Waals surface area contributed by atoms with Crippen molar-refractivity contribution in [3.8, 4) is 0 Å². The predicted octanol–water partition coefficient (Wildman–Crippen LogP) is 2.24. The molecular weight excluding hydrogens is 248 g/mol. The van der Waals surface area contributed by atoms with E-state index < -0.39 is 5.60 Å². The molecule has 1 fully saturated rings. The van der Waals surface area contributed by atoms with Gasteiger partial charge in [0.15, 0.2) is 5.11 Å². The number of cyclic esters (lactones) is 1. The number of hydrogen-bond acceptors (Lipinski definition) is 3. The number of nitrogens with two attached hydrogens (primary N) is 1. The summed E-state index contributed by atoms with van der Waals surface area (Å²) in [5.74, 6) is -0.0721. The molecule has 0 amide bonds. The Hall–Kier alpha value is -1.10. The fraction of sp³-hybridized carbons (Fsp3) is 0.692. The molecule has 18 heavy (non-hydrogen) atoms. The van der Waals surface area contributed by atoms with E-state index in [4.69, 9.17) is 22.7 Å². The van der Waals surface area contributed by atoms with Crippen molar-refractivity contribution in [1.82, 2.24) is 5.32 Å². The van der Waals surface area contributed by atoms with E-state index >= 15 is 0 Å². The fourth-order valence-electron chi connectivity index (χ4n) is 2.14. The summed E-state index contributed by atoms with van der Waals surface area (Å²) in [6.07, 6.45) is 5.51. The normalized spacial score (nSPS) is 28.1. The van der Waals surface area contributed by atoms with Gasteiger partial charge >= 0.3 is 5.97 Å². The highest BCUT2D eigenvalue weighted by Crippen LogP contribution is 2.38. The molecule has 2 atom stereocenters. The molecule has 4 nitrogen and oxygen atoms in total. The average molecular weight is 270 g/mol. The van der Waals surface area contributed by atoms with Crippen molar-refractivity contribution in [2.24, 2.45) is 11.7 Å². The van der Waals surface area contributed by atoms with Crippen LogP contribution in [0.1, 0.15) is 46.5 Å². The first-order valence-electron chi connectivity index (χ1n) is 6.35. The maximum atomic E-state index is 11.8. The van der Waals surface area contributed by atoms with Crippen molar-refractivity contribution in [2.45, 2.75) is 52.1 Å². The number of thiocarbonyl (C=S) groups is 1. The van der Waals surface area contributed by atoms with Crippen LogP contribution in [-0.4, -0.2) is 16.7 Å². The molecule has 0 spiro atoms. The van der Waals surface area contributed by atoms with Crippen LogP contribution < -0.4 is 11.1 Å². The van der Waals surface area contributed by atoms with Crippen LogP contribution in [0.5, 0.6) is 0 Å². The first-order chi connectivity index (χ1) is 8.39. The Bertz CT molecular complexity index is 368. The molecule has 1 saturated heterocycles. The zero-order valence-electron chi connectivity index (χ0n) is 11.3. The summed E-state index contributed by atoms with van der Waals surface area (Å²) >= 11 is 4.74. The van der Waals surface area contributed by atoms with Crippen molar-refractivity contribution in [2.75, 3.05) is 0 Å². The molecule has 0 bridgehead atoms. The molecule has 0 saturated carbocycles. The summed E-state index contributed by atoms with van der Waals surface area (Å²) < 4.78 is 5.52. The van der Waals surface area contributed by atoms with Gasteiger partial charge in [-0.3, -0.25) is 4.79 Å². The number of carbonyl (C=O) groups is 1. The van der Waals surface area contributed by atoms with Crippen LogP contribution in [0, 0.1) is 5.92 Å². The van der Waals surface area contributed by atoms with E-state index in [1.807, 2.05) is 13.8 Å². The van der Waals surface area contributed by atoms with Crippen LogP contribution in [0.25, 0.3) is 0 Å². The Morgan fingerprint density at radius 1 is 1.72 bits per heavy atom. The second-order valence-corrected chi connectivity index (χ2v) is 5.47. The Labute approximate surface area is 114 Å². The highest BCUT2D eigenvalue weighted by molar-refractivity contribution is 7.80. The van der Waals surface area contributed by atoms with Gasteiger partial charge in [0.25, 0.3) is 0 Å². The predicted molar refractivity (Wildman–Crippen MR) is 75.8 cm³/mol. The second kappa shape index (κ2) is 6.18. The summed E-state index contributed by atoms with van der Waals surface area (Å²) in [7, 11) is 0. The number of carbonyl (C=O) groups excluding carboxylic acids is 1. The standard InChI is InChI=1S/C13H22N2O2S/c1-4-5-6-10-7-13(3,17-11(10)16)9(2)8-15-12(14)18/h8,10H,4-7H2,1-3H3,(H3,14,15,18)/b9-8-. The Kier molecular flexibility index (Phi) is 5.14. The van der Waals surface area contributed by atoms with Crippen molar-refractivity contribution >= 4 is 23.3 Å². The number of ether oxygens (including phenoxy) is 1. The van der Waals surface area contributed by atoms with Crippen LogP contribution in [0.4, 0.5) is 0 Å². The first-order valence-corrected chi connectivity index (χ1v) is 6.76. The smallest absolute Gasteiger partial charge is 0.309 e. The van der Waals surface area contributed by atoms with E-state index in [1.54, 1.807) is 6.20 Å². The molecule has 1 aliphatic rings. The van der Waals surface area contributed by atoms with Crippen LogP contribution >= 0.6 is 12.2 Å². The molecule has 1 aliphatic heterocycles. The average Bonchev–Trinajstić information content (AvgIpc) is 2.59. The van der Waals surface area contributed by atoms with E-state index in [0.29, 0.717) is 0 Å². The lowest BCUT2D eigenvalue weighted by Gasteiger charge is -2.23. The number of rotatable bonds is 5. The van der Waals surface area contributed by atoms with Gasteiger partial charge in [0.1, 0.15) is 5.60 Å². The summed E-state index contributed by atoms with van der Waals surface area (Å²) in [5, 5.41) is 2.99. The van der Waals surface area contributed by atoms with E-state index in [0.717, 1.165) is 31.3 Å².